The summed E-state index contributed by atoms with van der Waals surface area (Å²) in [5.74, 6) is -0.0889. The normalized spacial score (nSPS) is 21.1. The maximum absolute atomic E-state index is 13.2. The lowest BCUT2D eigenvalue weighted by Crippen LogP contribution is -2.61. The van der Waals surface area contributed by atoms with Crippen LogP contribution < -0.4 is 0 Å². The van der Waals surface area contributed by atoms with E-state index in [1.807, 2.05) is 115 Å². The molecule has 2 aliphatic rings. The van der Waals surface area contributed by atoms with Gasteiger partial charge in [-0.05, 0) is 38.9 Å². The van der Waals surface area contributed by atoms with Crippen molar-refractivity contribution in [3.05, 3.63) is 167 Å². The van der Waals surface area contributed by atoms with Gasteiger partial charge in [0, 0.05) is 13.0 Å². The Morgan fingerprint density at radius 1 is 0.529 bits per heavy atom. The Hall–Kier alpha value is -4.83. The predicted octanol–water partition coefficient (Wildman–Crippen LogP) is 8.08. The molecule has 7 rings (SSSR count). The maximum atomic E-state index is 13.2. The molecule has 5 atom stereocenters. The lowest BCUT2D eigenvalue weighted by molar-refractivity contribution is -0.321. The summed E-state index contributed by atoms with van der Waals surface area (Å²) in [6.45, 7) is 0.896. The van der Waals surface area contributed by atoms with Crippen LogP contribution in [0.25, 0.3) is 11.1 Å². The molecule has 5 aromatic rings. The number of ether oxygens (including phenoxy) is 7. The fraction of sp³-hybridized carbons (Fsp3) is 0.279. The van der Waals surface area contributed by atoms with Gasteiger partial charge in [-0.3, -0.25) is 0 Å². The van der Waals surface area contributed by atoms with Crippen molar-refractivity contribution in [2.75, 3.05) is 20.3 Å². The van der Waals surface area contributed by atoms with Crippen LogP contribution >= 0.6 is 0 Å². The van der Waals surface area contributed by atoms with Crippen LogP contribution in [0.15, 0.2) is 140 Å². The monoisotopic (exact) mass is 686 g/mol. The zero-order chi connectivity index (χ0) is 34.8. The van der Waals surface area contributed by atoms with Crippen molar-refractivity contribution in [1.82, 2.24) is 0 Å². The van der Waals surface area contributed by atoms with Crippen LogP contribution in [0.2, 0.25) is 0 Å². The van der Waals surface area contributed by atoms with Crippen molar-refractivity contribution in [2.24, 2.45) is 0 Å². The summed E-state index contributed by atoms with van der Waals surface area (Å²) in [7, 11) is 1.56. The summed E-state index contributed by atoms with van der Waals surface area (Å²) in [5.41, 5.74) is 7.52. The van der Waals surface area contributed by atoms with Crippen molar-refractivity contribution in [1.29, 1.82) is 0 Å². The minimum atomic E-state index is -0.831. The average Bonchev–Trinajstić information content (AvgIpc) is 3.51. The van der Waals surface area contributed by atoms with E-state index in [0.29, 0.717) is 13.2 Å². The van der Waals surface area contributed by atoms with E-state index in [1.54, 1.807) is 7.11 Å². The topological polar surface area (TPSA) is 81.7 Å². The van der Waals surface area contributed by atoms with Crippen LogP contribution in [0, 0.1) is 0 Å². The molecule has 51 heavy (non-hydrogen) atoms. The Bertz CT molecular complexity index is 1790. The van der Waals surface area contributed by atoms with Crippen LogP contribution in [-0.4, -0.2) is 57.2 Å². The first-order valence-electron chi connectivity index (χ1n) is 17.3. The molecule has 0 saturated carbocycles. The molecular formula is C43H42O8. The summed E-state index contributed by atoms with van der Waals surface area (Å²) < 4.78 is 43.5. The summed E-state index contributed by atoms with van der Waals surface area (Å²) in [6.07, 6.45) is -4.38. The van der Waals surface area contributed by atoms with Gasteiger partial charge in [0.25, 0.3) is 0 Å². The number of hydrogen-bond donors (Lipinski definition) is 0. The second-order valence-electron chi connectivity index (χ2n) is 12.7. The van der Waals surface area contributed by atoms with Gasteiger partial charge in [-0.25, -0.2) is 4.79 Å². The highest BCUT2D eigenvalue weighted by molar-refractivity contribution is 5.79. The van der Waals surface area contributed by atoms with Gasteiger partial charge in [0.05, 0.1) is 19.8 Å². The van der Waals surface area contributed by atoms with E-state index in [0.717, 1.165) is 38.9 Å². The summed E-state index contributed by atoms with van der Waals surface area (Å²) in [6, 6.07) is 46.1. The molecule has 8 heteroatoms. The van der Waals surface area contributed by atoms with Crippen LogP contribution in [0.5, 0.6) is 0 Å². The number of methoxy groups -OCH3 is 1. The molecule has 0 aromatic heterocycles. The molecule has 1 aliphatic carbocycles. The van der Waals surface area contributed by atoms with Crippen molar-refractivity contribution in [3.8, 4) is 11.1 Å². The largest absolute Gasteiger partial charge is 0.508 e. The fourth-order valence-electron chi connectivity index (χ4n) is 6.85. The average molecular weight is 687 g/mol. The molecule has 1 saturated heterocycles. The Balaban J connectivity index is 1.09. The Labute approximate surface area is 298 Å². The van der Waals surface area contributed by atoms with Crippen molar-refractivity contribution in [3.63, 3.8) is 0 Å². The highest BCUT2D eigenvalue weighted by atomic mass is 16.7. The maximum Gasteiger partial charge on any atom is 0.508 e. The third-order valence-electron chi connectivity index (χ3n) is 9.38. The molecule has 0 radical (unpaired) electrons. The molecule has 1 heterocycles. The molecule has 0 unspecified atom stereocenters. The number of fused-ring (bicyclic) bond motifs is 3. The smallest absolute Gasteiger partial charge is 0.433 e. The summed E-state index contributed by atoms with van der Waals surface area (Å²) in [4.78, 5) is 13.2. The first-order valence-corrected chi connectivity index (χ1v) is 17.3. The second kappa shape index (κ2) is 16.9. The molecule has 0 spiro atoms. The van der Waals surface area contributed by atoms with Gasteiger partial charge in [0.15, 0.2) is 6.29 Å². The Kier molecular flexibility index (Phi) is 11.5. The van der Waals surface area contributed by atoms with E-state index in [1.165, 1.54) is 0 Å². The van der Waals surface area contributed by atoms with Crippen molar-refractivity contribution >= 4 is 6.16 Å². The lowest BCUT2D eigenvalue weighted by Gasteiger charge is -2.45. The first-order chi connectivity index (χ1) is 25.2. The van der Waals surface area contributed by atoms with Gasteiger partial charge in [-0.1, -0.05) is 140 Å². The zero-order valence-electron chi connectivity index (χ0n) is 28.5. The van der Waals surface area contributed by atoms with E-state index in [9.17, 15) is 4.79 Å². The molecule has 1 fully saturated rings. The third kappa shape index (κ3) is 8.39. The molecule has 262 valence electrons. The van der Waals surface area contributed by atoms with E-state index in [4.69, 9.17) is 33.2 Å². The van der Waals surface area contributed by atoms with Gasteiger partial charge in [0.1, 0.15) is 37.6 Å². The minimum Gasteiger partial charge on any atom is -0.433 e. The summed E-state index contributed by atoms with van der Waals surface area (Å²) in [5, 5.41) is 0. The van der Waals surface area contributed by atoms with Gasteiger partial charge >= 0.3 is 6.16 Å². The molecule has 0 bridgehead atoms. The summed E-state index contributed by atoms with van der Waals surface area (Å²) >= 11 is 0. The van der Waals surface area contributed by atoms with Gasteiger partial charge < -0.3 is 33.2 Å². The third-order valence-corrected chi connectivity index (χ3v) is 9.38. The number of benzene rings is 5. The number of rotatable bonds is 14. The van der Waals surface area contributed by atoms with Gasteiger partial charge in [-0.15, -0.1) is 0 Å². The predicted molar refractivity (Wildman–Crippen MR) is 192 cm³/mol. The minimum absolute atomic E-state index is 0.0889. The van der Waals surface area contributed by atoms with Crippen LogP contribution in [0.1, 0.15) is 33.7 Å². The SMILES string of the molecule is CO[C@H]1O[C@H](COC(=O)OCC2c3ccccc3-c3ccccc32)[C@@H](OCc2ccccc2)[C@H](OCc2ccccc2)[C@H]1OCc1ccccc1. The fourth-order valence-corrected chi connectivity index (χ4v) is 6.85. The second-order valence-corrected chi connectivity index (χ2v) is 12.7. The molecule has 8 nitrogen and oxygen atoms in total. The quantitative estimate of drug-likeness (QED) is 0.109. The van der Waals surface area contributed by atoms with E-state index >= 15 is 0 Å². The standard InChI is InChI=1S/C43H42O8/c1-45-42-41(48-27-32-19-9-4-10-20-32)40(47-26-31-17-7-3-8-18-31)39(46-25-30-15-5-2-6-16-30)38(51-42)29-50-43(44)49-28-37-35-23-13-11-21-33(35)34-22-12-14-24-36(34)37/h2-24,37-42H,25-29H2,1H3/t38-,39-,40+,41-,42+/m1/s1. The van der Waals surface area contributed by atoms with Gasteiger partial charge in [-0.2, -0.15) is 0 Å². The lowest BCUT2D eigenvalue weighted by atomic mass is 9.98. The van der Waals surface area contributed by atoms with Crippen LogP contribution in [0.3, 0.4) is 0 Å². The molecule has 0 N–H and O–H groups in total. The van der Waals surface area contributed by atoms with Crippen molar-refractivity contribution in [2.45, 2.75) is 56.4 Å². The number of carbonyl (C=O) groups is 1. The number of carbonyl (C=O) groups excluding carboxylic acids is 1. The zero-order valence-corrected chi connectivity index (χ0v) is 28.5. The van der Waals surface area contributed by atoms with E-state index in [2.05, 4.69) is 24.3 Å². The van der Waals surface area contributed by atoms with Crippen LogP contribution in [-0.2, 0) is 53.0 Å². The first kappa shape index (κ1) is 34.6. The van der Waals surface area contributed by atoms with E-state index < -0.39 is 36.9 Å². The molecule has 1 aliphatic heterocycles. The Morgan fingerprint density at radius 3 is 1.47 bits per heavy atom. The van der Waals surface area contributed by atoms with Crippen LogP contribution in [0.4, 0.5) is 4.79 Å². The van der Waals surface area contributed by atoms with Gasteiger partial charge in [0.2, 0.25) is 0 Å². The highest BCUT2D eigenvalue weighted by Crippen LogP contribution is 2.44. The molecular weight excluding hydrogens is 644 g/mol. The molecule has 5 aromatic carbocycles. The number of hydrogen-bond acceptors (Lipinski definition) is 8. The Morgan fingerprint density at radius 2 is 0.961 bits per heavy atom. The highest BCUT2D eigenvalue weighted by Gasteiger charge is 2.49. The van der Waals surface area contributed by atoms with Crippen molar-refractivity contribution < 1.29 is 38.0 Å². The molecule has 0 amide bonds. The van der Waals surface area contributed by atoms with E-state index in [-0.39, 0.29) is 25.7 Å².